The molecule has 0 aliphatic carbocycles. The first-order chi connectivity index (χ1) is 11.0. The van der Waals surface area contributed by atoms with E-state index in [2.05, 4.69) is 14.9 Å². The molecule has 2 heterocycles. The molecule has 0 amide bonds. The molecule has 1 aliphatic rings. The average molecular weight is 338 g/mol. The molecule has 0 bridgehead atoms. The SMILES string of the molecule is Cc1cc(F)ccc1S(=O)(=O)NCc1nnc2n1CCCCC2. The van der Waals surface area contributed by atoms with E-state index in [1.165, 1.54) is 12.1 Å². The largest absolute Gasteiger partial charge is 0.314 e. The molecule has 1 N–H and O–H groups in total. The average Bonchev–Trinajstić information content (AvgIpc) is 2.72. The Hall–Kier alpha value is -1.80. The smallest absolute Gasteiger partial charge is 0.241 e. The third-order valence-electron chi connectivity index (χ3n) is 4.03. The number of hydrogen-bond donors (Lipinski definition) is 1. The number of sulfonamides is 1. The minimum atomic E-state index is -3.72. The fourth-order valence-corrected chi connectivity index (χ4v) is 4.03. The monoisotopic (exact) mass is 338 g/mol. The van der Waals surface area contributed by atoms with Crippen molar-refractivity contribution in [2.24, 2.45) is 0 Å². The molecule has 6 nitrogen and oxygen atoms in total. The molecule has 0 fully saturated rings. The van der Waals surface area contributed by atoms with Gasteiger partial charge >= 0.3 is 0 Å². The van der Waals surface area contributed by atoms with Crippen LogP contribution in [0.4, 0.5) is 4.39 Å². The number of aromatic nitrogens is 3. The van der Waals surface area contributed by atoms with Crippen molar-refractivity contribution >= 4 is 10.0 Å². The number of fused-ring (bicyclic) bond motifs is 1. The van der Waals surface area contributed by atoms with Gasteiger partial charge in [-0.05, 0) is 43.5 Å². The predicted octanol–water partition coefficient (Wildman–Crippen LogP) is 1.93. The number of nitrogens with one attached hydrogen (secondary N) is 1. The van der Waals surface area contributed by atoms with Crippen LogP contribution in [0.2, 0.25) is 0 Å². The summed E-state index contributed by atoms with van der Waals surface area (Å²) in [5.41, 5.74) is 0.373. The minimum absolute atomic E-state index is 0.0755. The highest BCUT2D eigenvalue weighted by atomic mass is 32.2. The Balaban J connectivity index is 1.79. The van der Waals surface area contributed by atoms with Crippen molar-refractivity contribution in [3.8, 4) is 0 Å². The zero-order chi connectivity index (χ0) is 16.4. The van der Waals surface area contributed by atoms with E-state index in [-0.39, 0.29) is 11.4 Å². The first-order valence-electron chi connectivity index (χ1n) is 7.64. The zero-order valence-corrected chi connectivity index (χ0v) is 13.7. The third-order valence-corrected chi connectivity index (χ3v) is 5.59. The van der Waals surface area contributed by atoms with Crippen LogP contribution in [0, 0.1) is 12.7 Å². The van der Waals surface area contributed by atoms with E-state index in [1.54, 1.807) is 6.92 Å². The first kappa shape index (κ1) is 16.1. The van der Waals surface area contributed by atoms with E-state index in [0.717, 1.165) is 44.1 Å². The molecule has 2 aromatic rings. The van der Waals surface area contributed by atoms with Crippen molar-refractivity contribution in [3.05, 3.63) is 41.2 Å². The lowest BCUT2D eigenvalue weighted by molar-refractivity contribution is 0.566. The number of benzene rings is 1. The fourth-order valence-electron chi connectivity index (χ4n) is 2.83. The van der Waals surface area contributed by atoms with Crippen LogP contribution < -0.4 is 4.72 Å². The molecule has 23 heavy (non-hydrogen) atoms. The maximum atomic E-state index is 13.1. The van der Waals surface area contributed by atoms with Crippen LogP contribution in [-0.4, -0.2) is 23.2 Å². The third kappa shape index (κ3) is 3.42. The van der Waals surface area contributed by atoms with Gasteiger partial charge in [-0.25, -0.2) is 17.5 Å². The number of halogens is 1. The van der Waals surface area contributed by atoms with Gasteiger partial charge in [0, 0.05) is 13.0 Å². The van der Waals surface area contributed by atoms with Gasteiger partial charge in [0.1, 0.15) is 17.5 Å². The van der Waals surface area contributed by atoms with Gasteiger partial charge in [0.25, 0.3) is 0 Å². The van der Waals surface area contributed by atoms with Crippen molar-refractivity contribution in [3.63, 3.8) is 0 Å². The Bertz CT molecular complexity index is 817. The van der Waals surface area contributed by atoms with E-state index >= 15 is 0 Å². The molecular weight excluding hydrogens is 319 g/mol. The summed E-state index contributed by atoms with van der Waals surface area (Å²) in [6.07, 6.45) is 4.14. The molecule has 1 aromatic heterocycles. The van der Waals surface area contributed by atoms with Crippen LogP contribution in [0.1, 0.15) is 36.5 Å². The molecule has 0 spiro atoms. The highest BCUT2D eigenvalue weighted by Gasteiger charge is 2.20. The quantitative estimate of drug-likeness (QED) is 0.924. The summed E-state index contributed by atoms with van der Waals surface area (Å²) in [7, 11) is -3.72. The van der Waals surface area contributed by atoms with Crippen molar-refractivity contribution in [1.29, 1.82) is 0 Å². The molecule has 3 rings (SSSR count). The van der Waals surface area contributed by atoms with Gasteiger partial charge in [-0.15, -0.1) is 10.2 Å². The molecular formula is C15H19FN4O2S. The topological polar surface area (TPSA) is 76.9 Å². The molecule has 124 valence electrons. The lowest BCUT2D eigenvalue weighted by atomic mass is 10.2. The second-order valence-corrected chi connectivity index (χ2v) is 7.46. The van der Waals surface area contributed by atoms with Crippen LogP contribution in [0.15, 0.2) is 23.1 Å². The van der Waals surface area contributed by atoms with Gasteiger partial charge in [-0.3, -0.25) is 0 Å². The molecule has 1 aliphatic heterocycles. The van der Waals surface area contributed by atoms with E-state index in [1.807, 2.05) is 4.57 Å². The minimum Gasteiger partial charge on any atom is -0.314 e. The second kappa shape index (κ2) is 6.37. The Morgan fingerprint density at radius 2 is 2.09 bits per heavy atom. The van der Waals surface area contributed by atoms with Crippen molar-refractivity contribution < 1.29 is 12.8 Å². The van der Waals surface area contributed by atoms with Crippen LogP contribution in [0.25, 0.3) is 0 Å². The van der Waals surface area contributed by atoms with Gasteiger partial charge < -0.3 is 4.57 Å². The van der Waals surface area contributed by atoms with Crippen LogP contribution in [0.5, 0.6) is 0 Å². The summed E-state index contributed by atoms with van der Waals surface area (Å²) in [5, 5.41) is 8.25. The molecule has 0 radical (unpaired) electrons. The molecule has 0 unspecified atom stereocenters. The maximum absolute atomic E-state index is 13.1. The zero-order valence-electron chi connectivity index (χ0n) is 12.9. The molecule has 1 aromatic carbocycles. The van der Waals surface area contributed by atoms with Crippen molar-refractivity contribution in [1.82, 2.24) is 19.5 Å². The highest BCUT2D eigenvalue weighted by molar-refractivity contribution is 7.89. The Morgan fingerprint density at radius 1 is 1.26 bits per heavy atom. The summed E-state index contributed by atoms with van der Waals surface area (Å²) < 4.78 is 42.5. The van der Waals surface area contributed by atoms with Gasteiger partial charge in [0.2, 0.25) is 10.0 Å². The summed E-state index contributed by atoms with van der Waals surface area (Å²) in [5.74, 6) is 1.07. The Labute approximate surface area is 134 Å². The Morgan fingerprint density at radius 3 is 2.87 bits per heavy atom. The number of rotatable bonds is 4. The summed E-state index contributed by atoms with van der Waals surface area (Å²) in [6.45, 7) is 2.46. The van der Waals surface area contributed by atoms with E-state index in [9.17, 15) is 12.8 Å². The van der Waals surface area contributed by atoms with Gasteiger partial charge in [-0.1, -0.05) is 6.42 Å². The van der Waals surface area contributed by atoms with Gasteiger partial charge in [-0.2, -0.15) is 0 Å². The second-order valence-electron chi connectivity index (χ2n) is 5.73. The van der Waals surface area contributed by atoms with Gasteiger partial charge in [0.15, 0.2) is 0 Å². The molecule has 8 heteroatoms. The number of nitrogens with zero attached hydrogens (tertiary/aromatic N) is 3. The standard InChI is InChI=1S/C15H19FN4O2S/c1-11-9-12(16)6-7-13(11)23(21,22)17-10-15-19-18-14-5-3-2-4-8-20(14)15/h6-7,9,17H,2-5,8,10H2,1H3. The number of hydrogen-bond acceptors (Lipinski definition) is 4. The molecule has 0 saturated heterocycles. The van der Waals surface area contributed by atoms with E-state index < -0.39 is 15.8 Å². The maximum Gasteiger partial charge on any atom is 0.241 e. The number of aryl methyl sites for hydroxylation is 2. The molecule has 0 saturated carbocycles. The normalized spacial score (nSPS) is 15.2. The van der Waals surface area contributed by atoms with Crippen LogP contribution in [-0.2, 0) is 29.5 Å². The van der Waals surface area contributed by atoms with Crippen molar-refractivity contribution in [2.45, 2.75) is 50.6 Å². The van der Waals surface area contributed by atoms with E-state index in [0.29, 0.717) is 11.4 Å². The summed E-state index contributed by atoms with van der Waals surface area (Å²) in [6, 6.07) is 3.62. The van der Waals surface area contributed by atoms with Crippen LogP contribution >= 0.6 is 0 Å². The molecule has 0 atom stereocenters. The first-order valence-corrected chi connectivity index (χ1v) is 9.12. The van der Waals surface area contributed by atoms with E-state index in [4.69, 9.17) is 0 Å². The summed E-state index contributed by atoms with van der Waals surface area (Å²) in [4.78, 5) is 0.0782. The fraction of sp³-hybridized carbons (Fsp3) is 0.467. The summed E-state index contributed by atoms with van der Waals surface area (Å²) >= 11 is 0. The lowest BCUT2D eigenvalue weighted by Crippen LogP contribution is -2.26. The Kier molecular flexibility index (Phi) is 4.45. The van der Waals surface area contributed by atoms with Crippen molar-refractivity contribution in [2.75, 3.05) is 0 Å². The lowest BCUT2D eigenvalue weighted by Gasteiger charge is -2.10. The van der Waals surface area contributed by atoms with Gasteiger partial charge in [0.05, 0.1) is 11.4 Å². The highest BCUT2D eigenvalue weighted by Crippen LogP contribution is 2.17. The van der Waals surface area contributed by atoms with Crippen LogP contribution in [0.3, 0.4) is 0 Å². The predicted molar refractivity (Wildman–Crippen MR) is 82.7 cm³/mol.